The van der Waals surface area contributed by atoms with Gasteiger partial charge in [-0.1, -0.05) is 148 Å². The third kappa shape index (κ3) is 15.5. The third-order valence-corrected chi connectivity index (χ3v) is 10.5. The van der Waals surface area contributed by atoms with Gasteiger partial charge in [0.25, 0.3) is 20.2 Å². The van der Waals surface area contributed by atoms with E-state index < -0.39 is 30.0 Å². The lowest BCUT2D eigenvalue weighted by molar-refractivity contribution is 0.451. The predicted octanol–water partition coefficient (Wildman–Crippen LogP) is 10.9. The van der Waals surface area contributed by atoms with Gasteiger partial charge in [0.05, 0.1) is 0 Å². The van der Waals surface area contributed by atoms with Crippen molar-refractivity contribution in [1.82, 2.24) is 0 Å². The lowest BCUT2D eigenvalue weighted by Gasteiger charge is -2.20. The van der Waals surface area contributed by atoms with E-state index in [1.54, 1.807) is 24.3 Å². The average molecular weight is 667 g/mol. The Morgan fingerprint density at radius 3 is 1.33 bits per heavy atom. The highest BCUT2D eigenvalue weighted by atomic mass is 32.2. The maximum absolute atomic E-state index is 12.7. The maximum atomic E-state index is 12.7. The number of unbranched alkanes of at least 4 members (excludes halogenated alkanes) is 18. The van der Waals surface area contributed by atoms with Crippen molar-refractivity contribution in [3.05, 3.63) is 47.5 Å². The van der Waals surface area contributed by atoms with Gasteiger partial charge in [-0.15, -0.1) is 0 Å². The SMILES string of the molecule is CCCCCCCCCCCCc1c(Oc2ccccc2)cc(S(=O)(=O)O)c(S(=O)(=O)O)c1CCCCCCCCCCCC. The second-order valence-electron chi connectivity index (χ2n) is 12.4. The second-order valence-corrected chi connectivity index (χ2v) is 15.1. The van der Waals surface area contributed by atoms with Crippen LogP contribution < -0.4 is 4.74 Å². The van der Waals surface area contributed by atoms with E-state index in [1.807, 2.05) is 6.07 Å². The van der Waals surface area contributed by atoms with Crippen LogP contribution in [-0.2, 0) is 33.1 Å². The van der Waals surface area contributed by atoms with Crippen molar-refractivity contribution < 1.29 is 30.7 Å². The van der Waals surface area contributed by atoms with E-state index in [0.717, 1.165) is 57.4 Å². The average Bonchev–Trinajstić information content (AvgIpc) is 2.99. The Bertz CT molecular complexity index is 1310. The van der Waals surface area contributed by atoms with Gasteiger partial charge >= 0.3 is 0 Å². The molecular formula is C36H58O7S2. The molecule has 45 heavy (non-hydrogen) atoms. The van der Waals surface area contributed by atoms with Gasteiger partial charge in [0.1, 0.15) is 21.3 Å². The van der Waals surface area contributed by atoms with Crippen LogP contribution in [0.4, 0.5) is 0 Å². The second kappa shape index (κ2) is 21.8. The van der Waals surface area contributed by atoms with Crippen LogP contribution in [0.1, 0.15) is 153 Å². The predicted molar refractivity (Wildman–Crippen MR) is 184 cm³/mol. The molecule has 7 nitrogen and oxygen atoms in total. The van der Waals surface area contributed by atoms with Crippen molar-refractivity contribution in [1.29, 1.82) is 0 Å². The number of hydrogen-bond donors (Lipinski definition) is 2. The van der Waals surface area contributed by atoms with Gasteiger partial charge in [0, 0.05) is 6.07 Å². The summed E-state index contributed by atoms with van der Waals surface area (Å²) in [5.74, 6) is 0.659. The van der Waals surface area contributed by atoms with E-state index in [1.165, 1.54) is 70.6 Å². The molecule has 0 aliphatic rings. The minimum absolute atomic E-state index is 0.194. The van der Waals surface area contributed by atoms with Crippen LogP contribution in [0.3, 0.4) is 0 Å². The summed E-state index contributed by atoms with van der Waals surface area (Å²) >= 11 is 0. The van der Waals surface area contributed by atoms with Crippen molar-refractivity contribution in [2.75, 3.05) is 0 Å². The van der Waals surface area contributed by atoms with Crippen LogP contribution in [0.2, 0.25) is 0 Å². The Kier molecular flexibility index (Phi) is 19.0. The minimum atomic E-state index is -4.99. The zero-order valence-electron chi connectivity index (χ0n) is 27.8. The minimum Gasteiger partial charge on any atom is -0.457 e. The molecule has 0 bridgehead atoms. The van der Waals surface area contributed by atoms with E-state index in [9.17, 15) is 25.9 Å². The van der Waals surface area contributed by atoms with Gasteiger partial charge in [0.15, 0.2) is 0 Å². The monoisotopic (exact) mass is 666 g/mol. The highest BCUT2D eigenvalue weighted by Crippen LogP contribution is 2.39. The summed E-state index contributed by atoms with van der Waals surface area (Å²) < 4.78 is 76.9. The van der Waals surface area contributed by atoms with E-state index >= 15 is 0 Å². The Morgan fingerprint density at radius 2 is 0.933 bits per heavy atom. The summed E-state index contributed by atoms with van der Waals surface area (Å²) in [4.78, 5) is -1.56. The van der Waals surface area contributed by atoms with E-state index in [2.05, 4.69) is 13.8 Å². The molecular weight excluding hydrogens is 609 g/mol. The first-order valence-electron chi connectivity index (χ1n) is 17.5. The summed E-state index contributed by atoms with van der Waals surface area (Å²) in [6.07, 6.45) is 23.1. The zero-order chi connectivity index (χ0) is 33.0. The molecule has 0 spiro atoms. The molecule has 0 amide bonds. The van der Waals surface area contributed by atoms with Crippen LogP contribution in [-0.4, -0.2) is 25.9 Å². The third-order valence-electron chi connectivity index (χ3n) is 8.49. The molecule has 2 N–H and O–H groups in total. The molecule has 0 aromatic heterocycles. The first-order chi connectivity index (χ1) is 21.6. The Morgan fingerprint density at radius 1 is 0.533 bits per heavy atom. The first kappa shape index (κ1) is 39.2. The summed E-state index contributed by atoms with van der Waals surface area (Å²) in [5.41, 5.74) is 0.809. The quantitative estimate of drug-likeness (QED) is 0.0757. The van der Waals surface area contributed by atoms with Gasteiger partial charge in [-0.3, -0.25) is 9.11 Å². The fraction of sp³-hybridized carbons (Fsp3) is 0.667. The van der Waals surface area contributed by atoms with Gasteiger partial charge in [-0.2, -0.15) is 16.8 Å². The fourth-order valence-electron chi connectivity index (χ4n) is 6.00. The van der Waals surface area contributed by atoms with Gasteiger partial charge in [-0.05, 0) is 48.9 Å². The fourth-order valence-corrected chi connectivity index (χ4v) is 8.10. The molecule has 0 atom stereocenters. The molecule has 0 aliphatic carbocycles. The highest BCUT2D eigenvalue weighted by molar-refractivity contribution is 7.89. The van der Waals surface area contributed by atoms with Crippen LogP contribution in [0.15, 0.2) is 46.2 Å². The first-order valence-corrected chi connectivity index (χ1v) is 20.3. The Hall–Kier alpha value is -1.94. The number of benzene rings is 2. The van der Waals surface area contributed by atoms with Crippen LogP contribution >= 0.6 is 0 Å². The zero-order valence-corrected chi connectivity index (χ0v) is 29.4. The molecule has 0 unspecified atom stereocenters. The maximum Gasteiger partial charge on any atom is 0.296 e. The van der Waals surface area contributed by atoms with Gasteiger partial charge < -0.3 is 4.74 Å². The molecule has 2 aromatic rings. The number of hydrogen-bond acceptors (Lipinski definition) is 5. The molecule has 0 aliphatic heterocycles. The molecule has 2 aromatic carbocycles. The van der Waals surface area contributed by atoms with Crippen molar-refractivity contribution in [2.45, 2.75) is 165 Å². The van der Waals surface area contributed by atoms with E-state index in [-0.39, 0.29) is 17.7 Å². The van der Waals surface area contributed by atoms with Crippen molar-refractivity contribution >= 4 is 20.2 Å². The van der Waals surface area contributed by atoms with E-state index in [4.69, 9.17) is 4.74 Å². The molecule has 256 valence electrons. The van der Waals surface area contributed by atoms with Crippen molar-refractivity contribution in [3.63, 3.8) is 0 Å². The van der Waals surface area contributed by atoms with E-state index in [0.29, 0.717) is 24.2 Å². The number of para-hydroxylation sites is 1. The molecule has 0 heterocycles. The summed E-state index contributed by atoms with van der Waals surface area (Å²) in [6, 6.07) is 9.93. The molecule has 0 saturated heterocycles. The molecule has 9 heteroatoms. The highest BCUT2D eigenvalue weighted by Gasteiger charge is 2.31. The molecule has 0 saturated carbocycles. The normalized spacial score (nSPS) is 12.1. The Labute approximate surface area is 274 Å². The lowest BCUT2D eigenvalue weighted by Crippen LogP contribution is -2.15. The summed E-state index contributed by atoms with van der Waals surface area (Å²) in [6.45, 7) is 4.42. The van der Waals surface area contributed by atoms with Crippen LogP contribution in [0.5, 0.6) is 11.5 Å². The van der Waals surface area contributed by atoms with Crippen molar-refractivity contribution in [2.24, 2.45) is 0 Å². The standard InChI is InChI=1S/C36H58O7S2/c1-3-5-7-9-11-13-15-17-19-24-28-32-33(29-25-20-18-16-14-12-10-8-6-4-2)36(45(40,41)42)35(44(37,38)39)30-34(32)43-31-26-22-21-23-27-31/h21-23,26-27,30H,3-20,24-25,28-29H2,1-2H3,(H,37,38,39)(H,40,41,42). The summed E-state index contributed by atoms with van der Waals surface area (Å²) in [7, 11) is -9.96. The summed E-state index contributed by atoms with van der Waals surface area (Å²) in [5, 5.41) is 0. The topological polar surface area (TPSA) is 118 Å². The van der Waals surface area contributed by atoms with Crippen LogP contribution in [0.25, 0.3) is 0 Å². The molecule has 0 fully saturated rings. The number of ether oxygens (including phenoxy) is 1. The van der Waals surface area contributed by atoms with Gasteiger partial charge in [-0.25, -0.2) is 0 Å². The van der Waals surface area contributed by atoms with Crippen LogP contribution in [0, 0.1) is 0 Å². The lowest BCUT2D eigenvalue weighted by atomic mass is 9.95. The molecule has 0 radical (unpaired) electrons. The smallest absolute Gasteiger partial charge is 0.296 e. The van der Waals surface area contributed by atoms with Gasteiger partial charge in [0.2, 0.25) is 0 Å². The van der Waals surface area contributed by atoms with Crippen molar-refractivity contribution in [3.8, 4) is 11.5 Å². The Balaban J connectivity index is 2.27. The number of rotatable bonds is 26. The molecule has 2 rings (SSSR count). The largest absolute Gasteiger partial charge is 0.457 e.